The third kappa shape index (κ3) is 9.36. The van der Waals surface area contributed by atoms with Crippen LogP contribution in [0.4, 0.5) is 4.79 Å². The Morgan fingerprint density at radius 3 is 2.36 bits per heavy atom. The van der Waals surface area contributed by atoms with Crippen molar-refractivity contribution in [1.82, 2.24) is 5.32 Å². The molecule has 0 aliphatic heterocycles. The molecule has 0 aromatic carbocycles. The van der Waals surface area contributed by atoms with E-state index in [9.17, 15) is 4.79 Å². The van der Waals surface area contributed by atoms with Gasteiger partial charge in [0.25, 0.3) is 0 Å². The first kappa shape index (κ1) is 13.3. The third-order valence-corrected chi connectivity index (χ3v) is 2.36. The molecule has 14 heavy (non-hydrogen) atoms. The molecule has 0 spiro atoms. The van der Waals surface area contributed by atoms with Crippen LogP contribution in [0.15, 0.2) is 0 Å². The van der Waals surface area contributed by atoms with E-state index in [0.29, 0.717) is 0 Å². The summed E-state index contributed by atoms with van der Waals surface area (Å²) in [5.41, 5.74) is 0. The zero-order valence-corrected chi connectivity index (χ0v) is 9.38. The molecular formula is C11H23NO2. The lowest BCUT2D eigenvalue weighted by Crippen LogP contribution is -2.30. The molecule has 3 heteroatoms. The molecule has 3 nitrogen and oxygen atoms in total. The summed E-state index contributed by atoms with van der Waals surface area (Å²) in [4.78, 5) is 10.3. The van der Waals surface area contributed by atoms with Gasteiger partial charge in [-0.2, -0.15) is 0 Å². The topological polar surface area (TPSA) is 49.3 Å². The minimum Gasteiger partial charge on any atom is -0.465 e. The van der Waals surface area contributed by atoms with E-state index >= 15 is 0 Å². The average Bonchev–Trinajstić information content (AvgIpc) is 2.10. The number of hydrogen-bond acceptors (Lipinski definition) is 1. The van der Waals surface area contributed by atoms with Crippen LogP contribution in [0, 0.1) is 0 Å². The fraction of sp³-hybridized carbons (Fsp3) is 0.909. The van der Waals surface area contributed by atoms with Crippen molar-refractivity contribution in [1.29, 1.82) is 0 Å². The van der Waals surface area contributed by atoms with Crippen LogP contribution in [0.3, 0.4) is 0 Å². The number of carboxylic acid groups (broad SMARTS) is 1. The summed E-state index contributed by atoms with van der Waals surface area (Å²) in [6, 6.07) is 0.0960. The fourth-order valence-corrected chi connectivity index (χ4v) is 1.51. The molecule has 0 aliphatic rings. The second-order valence-electron chi connectivity index (χ2n) is 3.91. The summed E-state index contributed by atoms with van der Waals surface area (Å²) in [6.45, 7) is 4.12. The zero-order chi connectivity index (χ0) is 10.8. The van der Waals surface area contributed by atoms with Crippen LogP contribution in [0.5, 0.6) is 0 Å². The number of nitrogens with one attached hydrogen (secondary N) is 1. The van der Waals surface area contributed by atoms with Crippen molar-refractivity contribution >= 4 is 6.09 Å². The van der Waals surface area contributed by atoms with Gasteiger partial charge in [-0.05, 0) is 13.3 Å². The minimum atomic E-state index is -0.913. The Morgan fingerprint density at radius 2 is 1.79 bits per heavy atom. The van der Waals surface area contributed by atoms with Gasteiger partial charge in [-0.3, -0.25) is 0 Å². The van der Waals surface area contributed by atoms with Gasteiger partial charge in [0.2, 0.25) is 0 Å². The first-order valence-corrected chi connectivity index (χ1v) is 5.66. The second kappa shape index (κ2) is 8.85. The first-order chi connectivity index (χ1) is 6.66. The molecule has 1 amide bonds. The number of unbranched alkanes of at least 4 members (excludes halogenated alkanes) is 5. The monoisotopic (exact) mass is 201 g/mol. The molecule has 0 rings (SSSR count). The van der Waals surface area contributed by atoms with Crippen molar-refractivity contribution < 1.29 is 9.90 Å². The Kier molecular flexibility index (Phi) is 8.39. The van der Waals surface area contributed by atoms with E-state index < -0.39 is 6.09 Å². The highest BCUT2D eigenvalue weighted by atomic mass is 16.4. The Bertz CT molecular complexity index is 148. The molecule has 1 atom stereocenters. The van der Waals surface area contributed by atoms with Crippen molar-refractivity contribution in [3.8, 4) is 0 Å². The molecule has 0 aliphatic carbocycles. The van der Waals surface area contributed by atoms with E-state index in [1.165, 1.54) is 32.1 Å². The van der Waals surface area contributed by atoms with Gasteiger partial charge < -0.3 is 10.4 Å². The number of rotatable bonds is 8. The lowest BCUT2D eigenvalue weighted by atomic mass is 10.1. The predicted molar refractivity (Wildman–Crippen MR) is 58.6 cm³/mol. The van der Waals surface area contributed by atoms with Gasteiger partial charge in [0.05, 0.1) is 0 Å². The van der Waals surface area contributed by atoms with E-state index in [1.54, 1.807) is 0 Å². The summed E-state index contributed by atoms with van der Waals surface area (Å²) in [7, 11) is 0. The number of hydrogen-bond donors (Lipinski definition) is 2. The van der Waals surface area contributed by atoms with Crippen molar-refractivity contribution in [3.63, 3.8) is 0 Å². The van der Waals surface area contributed by atoms with Gasteiger partial charge in [0, 0.05) is 6.04 Å². The van der Waals surface area contributed by atoms with Gasteiger partial charge in [0.1, 0.15) is 0 Å². The summed E-state index contributed by atoms with van der Waals surface area (Å²) in [5.74, 6) is 0. The van der Waals surface area contributed by atoms with Gasteiger partial charge in [-0.15, -0.1) is 0 Å². The fourth-order valence-electron chi connectivity index (χ4n) is 1.51. The van der Waals surface area contributed by atoms with E-state index in [4.69, 9.17) is 5.11 Å². The maximum absolute atomic E-state index is 10.3. The van der Waals surface area contributed by atoms with Crippen molar-refractivity contribution in [2.45, 2.75) is 64.8 Å². The maximum atomic E-state index is 10.3. The van der Waals surface area contributed by atoms with Gasteiger partial charge in [-0.25, -0.2) is 4.79 Å². The standard InChI is InChI=1S/C11H23NO2/c1-3-4-5-6-7-8-9-10(2)12-11(13)14/h10,12H,3-9H2,1-2H3,(H,13,14). The molecule has 1 unspecified atom stereocenters. The molecule has 0 heterocycles. The summed E-state index contributed by atoms with van der Waals surface area (Å²) in [5, 5.41) is 10.9. The lowest BCUT2D eigenvalue weighted by Gasteiger charge is -2.10. The summed E-state index contributed by atoms with van der Waals surface area (Å²) >= 11 is 0. The molecule has 0 aromatic rings. The van der Waals surface area contributed by atoms with Crippen LogP contribution in [0.25, 0.3) is 0 Å². The molecule has 0 aromatic heterocycles. The van der Waals surface area contributed by atoms with Crippen LogP contribution in [-0.2, 0) is 0 Å². The second-order valence-corrected chi connectivity index (χ2v) is 3.91. The van der Waals surface area contributed by atoms with Crippen molar-refractivity contribution in [2.75, 3.05) is 0 Å². The van der Waals surface area contributed by atoms with Crippen molar-refractivity contribution in [3.05, 3.63) is 0 Å². The smallest absolute Gasteiger partial charge is 0.404 e. The molecule has 0 saturated carbocycles. The van der Waals surface area contributed by atoms with Crippen LogP contribution >= 0.6 is 0 Å². The summed E-state index contributed by atoms with van der Waals surface area (Å²) < 4.78 is 0. The molecule has 0 fully saturated rings. The maximum Gasteiger partial charge on any atom is 0.404 e. The first-order valence-electron chi connectivity index (χ1n) is 5.66. The Balaban J connectivity index is 3.14. The van der Waals surface area contributed by atoms with Gasteiger partial charge >= 0.3 is 6.09 Å². The molecule has 0 radical (unpaired) electrons. The normalized spacial score (nSPS) is 12.4. The van der Waals surface area contributed by atoms with E-state index in [0.717, 1.165) is 12.8 Å². The van der Waals surface area contributed by atoms with E-state index in [2.05, 4.69) is 12.2 Å². The number of carbonyl (C=O) groups is 1. The highest BCUT2D eigenvalue weighted by molar-refractivity contribution is 5.64. The van der Waals surface area contributed by atoms with Crippen LogP contribution in [0.1, 0.15) is 58.8 Å². The Morgan fingerprint density at radius 1 is 1.21 bits per heavy atom. The molecule has 0 saturated heterocycles. The molecule has 2 N–H and O–H groups in total. The molecular weight excluding hydrogens is 178 g/mol. The molecule has 0 bridgehead atoms. The Labute approximate surface area is 86.9 Å². The van der Waals surface area contributed by atoms with Crippen molar-refractivity contribution in [2.24, 2.45) is 0 Å². The average molecular weight is 201 g/mol. The summed E-state index contributed by atoms with van der Waals surface area (Å²) in [6.07, 6.45) is 7.60. The minimum absolute atomic E-state index is 0.0960. The van der Waals surface area contributed by atoms with Gasteiger partial charge in [0.15, 0.2) is 0 Å². The molecule has 84 valence electrons. The Hall–Kier alpha value is -0.730. The quantitative estimate of drug-likeness (QED) is 0.591. The van der Waals surface area contributed by atoms with Gasteiger partial charge in [-0.1, -0.05) is 45.4 Å². The van der Waals surface area contributed by atoms with E-state index in [1.807, 2.05) is 6.92 Å². The number of amides is 1. The van der Waals surface area contributed by atoms with E-state index in [-0.39, 0.29) is 6.04 Å². The highest BCUT2D eigenvalue weighted by Gasteiger charge is 2.03. The highest BCUT2D eigenvalue weighted by Crippen LogP contribution is 2.08. The SMILES string of the molecule is CCCCCCCCC(C)NC(=O)O. The van der Waals surface area contributed by atoms with Crippen LogP contribution < -0.4 is 5.32 Å². The zero-order valence-electron chi connectivity index (χ0n) is 9.38. The largest absolute Gasteiger partial charge is 0.465 e. The van der Waals surface area contributed by atoms with Crippen LogP contribution in [0.2, 0.25) is 0 Å². The lowest BCUT2D eigenvalue weighted by molar-refractivity contribution is 0.190. The van der Waals surface area contributed by atoms with Crippen LogP contribution in [-0.4, -0.2) is 17.2 Å². The predicted octanol–water partition coefficient (Wildman–Crippen LogP) is 3.39. The third-order valence-electron chi connectivity index (χ3n) is 2.36.